The summed E-state index contributed by atoms with van der Waals surface area (Å²) in [5.41, 5.74) is -2.10. The van der Waals surface area contributed by atoms with Crippen LogP contribution in [0.2, 0.25) is 0 Å². The van der Waals surface area contributed by atoms with Crippen molar-refractivity contribution in [2.24, 2.45) is 0 Å². The monoisotopic (exact) mass is 215 g/mol. The van der Waals surface area contributed by atoms with E-state index < -0.39 is 23.4 Å². The minimum absolute atomic E-state index is 0.572. The van der Waals surface area contributed by atoms with Crippen molar-refractivity contribution in [1.82, 2.24) is 4.90 Å². The largest absolute Gasteiger partial charge is 0.385 e. The molecule has 15 heavy (non-hydrogen) atoms. The van der Waals surface area contributed by atoms with Crippen LogP contribution in [0.15, 0.2) is 0 Å². The molecule has 1 aliphatic rings. The van der Waals surface area contributed by atoms with Gasteiger partial charge in [-0.1, -0.05) is 0 Å². The first-order valence-electron chi connectivity index (χ1n) is 5.11. The fourth-order valence-corrected chi connectivity index (χ4v) is 1.74. The summed E-state index contributed by atoms with van der Waals surface area (Å²) in [5, 5.41) is 18.8. The second kappa shape index (κ2) is 4.28. The molecule has 0 spiro atoms. The summed E-state index contributed by atoms with van der Waals surface area (Å²) in [6.45, 7) is 3.53. The SMILES string of the molecule is CC(O)C(=O)C(C)(O)C(=O)N1CCCC1. The first-order chi connectivity index (χ1) is 6.87. The Balaban J connectivity index is 2.75. The molecule has 0 radical (unpaired) electrons. The highest BCUT2D eigenvalue weighted by molar-refractivity contribution is 6.10. The summed E-state index contributed by atoms with van der Waals surface area (Å²) in [5.74, 6) is -1.45. The van der Waals surface area contributed by atoms with Crippen molar-refractivity contribution in [2.45, 2.75) is 38.4 Å². The van der Waals surface area contributed by atoms with Crippen LogP contribution in [0, 0.1) is 0 Å². The lowest BCUT2D eigenvalue weighted by atomic mass is 9.96. The molecular weight excluding hydrogens is 198 g/mol. The first kappa shape index (κ1) is 12.1. The fraction of sp³-hybridized carbons (Fsp3) is 0.800. The van der Waals surface area contributed by atoms with Crippen molar-refractivity contribution < 1.29 is 19.8 Å². The number of ketones is 1. The number of amides is 1. The van der Waals surface area contributed by atoms with Crippen LogP contribution in [-0.2, 0) is 9.59 Å². The summed E-state index contributed by atoms with van der Waals surface area (Å²) in [6.07, 6.45) is 0.460. The van der Waals surface area contributed by atoms with Crippen molar-refractivity contribution in [2.75, 3.05) is 13.1 Å². The van der Waals surface area contributed by atoms with E-state index in [0.29, 0.717) is 13.1 Å². The Morgan fingerprint density at radius 1 is 1.33 bits per heavy atom. The predicted molar refractivity (Wildman–Crippen MR) is 53.1 cm³/mol. The molecule has 1 rings (SSSR count). The number of nitrogens with zero attached hydrogens (tertiary/aromatic N) is 1. The minimum Gasteiger partial charge on any atom is -0.385 e. The molecule has 1 fully saturated rings. The molecule has 1 aliphatic heterocycles. The zero-order valence-corrected chi connectivity index (χ0v) is 9.06. The van der Waals surface area contributed by atoms with Gasteiger partial charge < -0.3 is 15.1 Å². The number of hydrogen-bond acceptors (Lipinski definition) is 4. The molecule has 5 nitrogen and oxygen atoms in total. The highest BCUT2D eigenvalue weighted by atomic mass is 16.3. The Kier molecular flexibility index (Phi) is 3.46. The second-order valence-electron chi connectivity index (χ2n) is 4.11. The van der Waals surface area contributed by atoms with Crippen LogP contribution in [-0.4, -0.2) is 51.6 Å². The lowest BCUT2D eigenvalue weighted by Gasteiger charge is -2.27. The number of aliphatic hydroxyl groups is 2. The number of carbonyl (C=O) groups is 2. The Labute approximate surface area is 88.7 Å². The number of rotatable bonds is 3. The van der Waals surface area contributed by atoms with Gasteiger partial charge >= 0.3 is 0 Å². The standard InChI is InChI=1S/C10H17NO4/c1-7(12)8(13)10(2,15)9(14)11-5-3-4-6-11/h7,12,15H,3-6H2,1-2H3. The van der Waals surface area contributed by atoms with E-state index >= 15 is 0 Å². The average molecular weight is 215 g/mol. The minimum atomic E-state index is -2.10. The maximum Gasteiger partial charge on any atom is 0.262 e. The normalized spacial score (nSPS) is 22.3. The number of carbonyl (C=O) groups excluding carboxylic acids is 2. The van der Waals surface area contributed by atoms with Crippen molar-refractivity contribution in [3.8, 4) is 0 Å². The van der Waals surface area contributed by atoms with E-state index in [2.05, 4.69) is 0 Å². The van der Waals surface area contributed by atoms with Crippen LogP contribution >= 0.6 is 0 Å². The molecule has 1 amide bonds. The molecule has 5 heteroatoms. The fourth-order valence-electron chi connectivity index (χ4n) is 1.74. The van der Waals surface area contributed by atoms with Crippen LogP contribution in [0.5, 0.6) is 0 Å². The molecule has 0 aliphatic carbocycles. The van der Waals surface area contributed by atoms with E-state index in [4.69, 9.17) is 5.11 Å². The van der Waals surface area contributed by atoms with Gasteiger partial charge in [0, 0.05) is 13.1 Å². The molecule has 0 aromatic carbocycles. The van der Waals surface area contributed by atoms with E-state index in [9.17, 15) is 14.7 Å². The highest BCUT2D eigenvalue weighted by Crippen LogP contribution is 2.17. The van der Waals surface area contributed by atoms with Crippen molar-refractivity contribution in [3.63, 3.8) is 0 Å². The third kappa shape index (κ3) is 2.35. The summed E-state index contributed by atoms with van der Waals surface area (Å²) >= 11 is 0. The lowest BCUT2D eigenvalue weighted by molar-refractivity contribution is -0.161. The summed E-state index contributed by atoms with van der Waals surface area (Å²) < 4.78 is 0. The van der Waals surface area contributed by atoms with Crippen molar-refractivity contribution >= 4 is 11.7 Å². The Bertz CT molecular complexity index is 267. The van der Waals surface area contributed by atoms with E-state index in [1.54, 1.807) is 0 Å². The quantitative estimate of drug-likeness (QED) is 0.611. The molecular formula is C10H17NO4. The van der Waals surface area contributed by atoms with Gasteiger partial charge in [-0.25, -0.2) is 0 Å². The highest BCUT2D eigenvalue weighted by Gasteiger charge is 2.43. The molecule has 2 atom stereocenters. The molecule has 0 aromatic rings. The smallest absolute Gasteiger partial charge is 0.262 e. The van der Waals surface area contributed by atoms with Crippen molar-refractivity contribution in [3.05, 3.63) is 0 Å². The van der Waals surface area contributed by atoms with E-state index in [0.717, 1.165) is 19.8 Å². The number of aliphatic hydroxyl groups excluding tert-OH is 1. The van der Waals surface area contributed by atoms with Gasteiger partial charge in [0.05, 0.1) is 0 Å². The van der Waals surface area contributed by atoms with E-state index in [1.165, 1.54) is 11.8 Å². The number of likely N-dealkylation sites (tertiary alicyclic amines) is 1. The van der Waals surface area contributed by atoms with Gasteiger partial charge in [-0.2, -0.15) is 0 Å². The van der Waals surface area contributed by atoms with Gasteiger partial charge in [0.2, 0.25) is 11.4 Å². The first-order valence-corrected chi connectivity index (χ1v) is 5.11. The topological polar surface area (TPSA) is 77.8 Å². The molecule has 1 heterocycles. The average Bonchev–Trinajstić information content (AvgIpc) is 2.67. The van der Waals surface area contributed by atoms with Crippen molar-refractivity contribution in [1.29, 1.82) is 0 Å². The number of Topliss-reactive ketones (excluding diaryl/α,β-unsaturated/α-hetero) is 1. The van der Waals surface area contributed by atoms with Crippen LogP contribution in [0.25, 0.3) is 0 Å². The van der Waals surface area contributed by atoms with Crippen LogP contribution in [0.1, 0.15) is 26.7 Å². The Hall–Kier alpha value is -0.940. The summed E-state index contributed by atoms with van der Waals surface area (Å²) in [4.78, 5) is 24.6. The van der Waals surface area contributed by atoms with Gasteiger partial charge in [-0.05, 0) is 26.7 Å². The second-order valence-corrected chi connectivity index (χ2v) is 4.11. The van der Waals surface area contributed by atoms with Gasteiger partial charge in [0.1, 0.15) is 6.10 Å². The van der Waals surface area contributed by atoms with Crippen LogP contribution < -0.4 is 0 Å². The zero-order chi connectivity index (χ0) is 11.6. The third-order valence-corrected chi connectivity index (χ3v) is 2.67. The summed E-state index contributed by atoms with van der Waals surface area (Å²) in [6, 6.07) is 0. The third-order valence-electron chi connectivity index (χ3n) is 2.67. The van der Waals surface area contributed by atoms with Gasteiger partial charge in [0.15, 0.2) is 0 Å². The predicted octanol–water partition coefficient (Wildman–Crippen LogP) is -0.690. The lowest BCUT2D eigenvalue weighted by Crippen LogP contribution is -2.54. The van der Waals surface area contributed by atoms with Crippen LogP contribution in [0.3, 0.4) is 0 Å². The molecule has 0 bridgehead atoms. The molecule has 0 aromatic heterocycles. The van der Waals surface area contributed by atoms with Gasteiger partial charge in [0.25, 0.3) is 5.91 Å². The van der Waals surface area contributed by atoms with E-state index in [-0.39, 0.29) is 0 Å². The maximum atomic E-state index is 11.8. The molecule has 0 saturated carbocycles. The molecule has 2 unspecified atom stereocenters. The molecule has 86 valence electrons. The summed E-state index contributed by atoms with van der Waals surface area (Å²) in [7, 11) is 0. The van der Waals surface area contributed by atoms with Crippen LogP contribution in [0.4, 0.5) is 0 Å². The Morgan fingerprint density at radius 3 is 2.20 bits per heavy atom. The van der Waals surface area contributed by atoms with Gasteiger partial charge in [-0.3, -0.25) is 9.59 Å². The maximum absolute atomic E-state index is 11.8. The molecule has 2 N–H and O–H groups in total. The van der Waals surface area contributed by atoms with Gasteiger partial charge in [-0.15, -0.1) is 0 Å². The zero-order valence-electron chi connectivity index (χ0n) is 9.06. The molecule has 1 saturated heterocycles. The number of hydrogen-bond donors (Lipinski definition) is 2. The Morgan fingerprint density at radius 2 is 1.80 bits per heavy atom. The van der Waals surface area contributed by atoms with E-state index in [1.807, 2.05) is 0 Å².